The van der Waals surface area contributed by atoms with Gasteiger partial charge in [-0.25, -0.2) is 4.98 Å². The van der Waals surface area contributed by atoms with Crippen LogP contribution in [0.5, 0.6) is 0 Å². The normalized spacial score (nSPS) is 10.1. The lowest BCUT2D eigenvalue weighted by Gasteiger charge is -2.05. The zero-order valence-electron chi connectivity index (χ0n) is 8.11. The molecule has 2 heterocycles. The molecule has 2 rings (SSSR count). The molecule has 0 radical (unpaired) electrons. The second-order valence-corrected chi connectivity index (χ2v) is 4.01. The first-order chi connectivity index (χ1) is 6.83. The molecule has 0 aliphatic rings. The number of hydrogen-bond donors (Lipinski definition) is 1. The Kier molecular flexibility index (Phi) is 2.45. The van der Waals surface area contributed by atoms with E-state index >= 15 is 0 Å². The molecule has 72 valence electrons. The van der Waals surface area contributed by atoms with E-state index < -0.39 is 0 Å². The van der Waals surface area contributed by atoms with Crippen molar-refractivity contribution in [3.05, 3.63) is 28.7 Å². The summed E-state index contributed by atoms with van der Waals surface area (Å²) in [6.45, 7) is 2.09. The SMILES string of the molecule is CNc1nccnc1-c1ccsc1C. The van der Waals surface area contributed by atoms with Gasteiger partial charge in [-0.1, -0.05) is 0 Å². The lowest BCUT2D eigenvalue weighted by Crippen LogP contribution is -1.97. The van der Waals surface area contributed by atoms with E-state index in [2.05, 4.69) is 33.7 Å². The molecule has 0 spiro atoms. The van der Waals surface area contributed by atoms with Gasteiger partial charge in [-0.15, -0.1) is 11.3 Å². The van der Waals surface area contributed by atoms with E-state index in [1.54, 1.807) is 23.7 Å². The third kappa shape index (κ3) is 1.48. The molecule has 2 aromatic rings. The topological polar surface area (TPSA) is 37.8 Å². The van der Waals surface area contributed by atoms with Crippen molar-refractivity contribution in [3.63, 3.8) is 0 Å². The molecule has 4 heteroatoms. The Morgan fingerprint density at radius 1 is 1.29 bits per heavy atom. The standard InChI is InChI=1S/C10H11N3S/c1-7-8(3-6-14-7)9-10(11-2)13-5-4-12-9/h3-6H,1-2H3,(H,11,13). The highest BCUT2D eigenvalue weighted by Gasteiger charge is 2.09. The first kappa shape index (κ1) is 9.15. The van der Waals surface area contributed by atoms with Crippen molar-refractivity contribution >= 4 is 17.2 Å². The maximum Gasteiger partial charge on any atom is 0.152 e. The molecule has 1 N–H and O–H groups in total. The van der Waals surface area contributed by atoms with Crippen molar-refractivity contribution in [3.8, 4) is 11.3 Å². The van der Waals surface area contributed by atoms with Gasteiger partial charge in [0, 0.05) is 29.9 Å². The molecule has 2 aromatic heterocycles. The van der Waals surface area contributed by atoms with E-state index in [-0.39, 0.29) is 0 Å². The van der Waals surface area contributed by atoms with Gasteiger partial charge in [-0.3, -0.25) is 4.98 Å². The summed E-state index contributed by atoms with van der Waals surface area (Å²) in [4.78, 5) is 9.83. The van der Waals surface area contributed by atoms with Gasteiger partial charge in [0.05, 0.1) is 0 Å². The molecule has 0 amide bonds. The van der Waals surface area contributed by atoms with Crippen molar-refractivity contribution in [2.75, 3.05) is 12.4 Å². The van der Waals surface area contributed by atoms with Crippen molar-refractivity contribution in [1.82, 2.24) is 9.97 Å². The van der Waals surface area contributed by atoms with Gasteiger partial charge >= 0.3 is 0 Å². The average Bonchev–Trinajstić information content (AvgIpc) is 2.64. The van der Waals surface area contributed by atoms with Crippen LogP contribution in [0.25, 0.3) is 11.3 Å². The lowest BCUT2D eigenvalue weighted by molar-refractivity contribution is 1.19. The fraction of sp³-hybridized carbons (Fsp3) is 0.200. The Bertz CT molecular complexity index is 436. The molecule has 14 heavy (non-hydrogen) atoms. The maximum atomic E-state index is 4.33. The summed E-state index contributed by atoms with van der Waals surface area (Å²) in [5, 5.41) is 5.11. The summed E-state index contributed by atoms with van der Waals surface area (Å²) < 4.78 is 0. The van der Waals surface area contributed by atoms with Gasteiger partial charge in [0.15, 0.2) is 5.82 Å². The van der Waals surface area contributed by atoms with Crippen LogP contribution in [0.3, 0.4) is 0 Å². The van der Waals surface area contributed by atoms with Crippen LogP contribution < -0.4 is 5.32 Å². The van der Waals surface area contributed by atoms with E-state index in [1.165, 1.54) is 4.88 Å². The fourth-order valence-electron chi connectivity index (χ4n) is 1.35. The van der Waals surface area contributed by atoms with Crippen LogP contribution in [0.4, 0.5) is 5.82 Å². The molecule has 0 fully saturated rings. The minimum absolute atomic E-state index is 0.828. The number of aromatic nitrogens is 2. The largest absolute Gasteiger partial charge is 0.371 e. The number of hydrogen-bond acceptors (Lipinski definition) is 4. The molecule has 0 atom stereocenters. The predicted molar refractivity (Wildman–Crippen MR) is 59.6 cm³/mol. The van der Waals surface area contributed by atoms with Crippen LogP contribution >= 0.6 is 11.3 Å². The van der Waals surface area contributed by atoms with Gasteiger partial charge in [-0.05, 0) is 18.4 Å². The van der Waals surface area contributed by atoms with Crippen LogP contribution in [-0.4, -0.2) is 17.0 Å². The van der Waals surface area contributed by atoms with Crippen molar-refractivity contribution < 1.29 is 0 Å². The van der Waals surface area contributed by atoms with Crippen LogP contribution in [0.15, 0.2) is 23.8 Å². The first-order valence-electron chi connectivity index (χ1n) is 4.36. The molecule has 0 unspecified atom stereocenters. The Hall–Kier alpha value is -1.42. The Balaban J connectivity index is 2.56. The molecule has 0 aromatic carbocycles. The lowest BCUT2D eigenvalue weighted by atomic mass is 10.2. The molecule has 3 nitrogen and oxygen atoms in total. The van der Waals surface area contributed by atoms with Gasteiger partial charge in [-0.2, -0.15) is 0 Å². The second kappa shape index (κ2) is 3.75. The van der Waals surface area contributed by atoms with E-state index in [1.807, 2.05) is 7.05 Å². The van der Waals surface area contributed by atoms with Crippen LogP contribution in [0.1, 0.15) is 4.88 Å². The first-order valence-corrected chi connectivity index (χ1v) is 5.24. The van der Waals surface area contributed by atoms with E-state index in [0.29, 0.717) is 0 Å². The Labute approximate surface area is 86.8 Å². The van der Waals surface area contributed by atoms with E-state index in [0.717, 1.165) is 17.1 Å². The second-order valence-electron chi connectivity index (χ2n) is 2.89. The molecule has 0 bridgehead atoms. The van der Waals surface area contributed by atoms with Crippen LogP contribution in [0.2, 0.25) is 0 Å². The Morgan fingerprint density at radius 2 is 2.07 bits per heavy atom. The summed E-state index contributed by atoms with van der Waals surface area (Å²) in [6.07, 6.45) is 3.41. The smallest absolute Gasteiger partial charge is 0.152 e. The van der Waals surface area contributed by atoms with Gasteiger partial charge in [0.25, 0.3) is 0 Å². The van der Waals surface area contributed by atoms with E-state index in [4.69, 9.17) is 0 Å². The molecule has 0 aliphatic heterocycles. The minimum atomic E-state index is 0.828. The highest BCUT2D eigenvalue weighted by Crippen LogP contribution is 2.29. The number of anilines is 1. The number of thiophene rings is 1. The van der Waals surface area contributed by atoms with Crippen molar-refractivity contribution in [1.29, 1.82) is 0 Å². The summed E-state index contributed by atoms with van der Waals surface area (Å²) in [5.41, 5.74) is 2.08. The molecule has 0 saturated heterocycles. The van der Waals surface area contributed by atoms with Gasteiger partial charge < -0.3 is 5.32 Å². The quantitative estimate of drug-likeness (QED) is 0.818. The minimum Gasteiger partial charge on any atom is -0.371 e. The van der Waals surface area contributed by atoms with Crippen LogP contribution in [0, 0.1) is 6.92 Å². The van der Waals surface area contributed by atoms with Crippen LogP contribution in [-0.2, 0) is 0 Å². The number of nitrogens with one attached hydrogen (secondary N) is 1. The molecular weight excluding hydrogens is 194 g/mol. The number of nitrogens with zero attached hydrogens (tertiary/aromatic N) is 2. The Morgan fingerprint density at radius 3 is 2.71 bits per heavy atom. The fourth-order valence-corrected chi connectivity index (χ4v) is 2.05. The monoisotopic (exact) mass is 205 g/mol. The van der Waals surface area contributed by atoms with E-state index in [9.17, 15) is 0 Å². The number of aryl methyl sites for hydroxylation is 1. The molecule has 0 saturated carbocycles. The summed E-state index contributed by atoms with van der Waals surface area (Å²) >= 11 is 1.72. The van der Waals surface area contributed by atoms with Gasteiger partial charge in [0.2, 0.25) is 0 Å². The summed E-state index contributed by atoms with van der Waals surface area (Å²) in [5.74, 6) is 0.828. The zero-order chi connectivity index (χ0) is 9.97. The third-order valence-electron chi connectivity index (χ3n) is 2.05. The highest BCUT2D eigenvalue weighted by atomic mass is 32.1. The van der Waals surface area contributed by atoms with Crippen molar-refractivity contribution in [2.45, 2.75) is 6.92 Å². The van der Waals surface area contributed by atoms with Crippen molar-refractivity contribution in [2.24, 2.45) is 0 Å². The summed E-state index contributed by atoms with van der Waals surface area (Å²) in [6, 6.07) is 2.07. The average molecular weight is 205 g/mol. The number of rotatable bonds is 2. The summed E-state index contributed by atoms with van der Waals surface area (Å²) in [7, 11) is 1.86. The molecule has 0 aliphatic carbocycles. The maximum absolute atomic E-state index is 4.33. The zero-order valence-corrected chi connectivity index (χ0v) is 8.93. The highest BCUT2D eigenvalue weighted by molar-refractivity contribution is 7.10. The molecular formula is C10H11N3S. The third-order valence-corrected chi connectivity index (χ3v) is 2.89. The van der Waals surface area contributed by atoms with Gasteiger partial charge in [0.1, 0.15) is 5.69 Å². The predicted octanol–water partition coefficient (Wildman–Crippen LogP) is 2.56.